The van der Waals surface area contributed by atoms with E-state index in [-0.39, 0.29) is 11.3 Å². The van der Waals surface area contributed by atoms with Crippen LogP contribution in [-0.2, 0) is 4.79 Å². The molecule has 0 saturated heterocycles. The number of carbonyl (C=O) groups is 1. The summed E-state index contributed by atoms with van der Waals surface area (Å²) >= 11 is 0. The van der Waals surface area contributed by atoms with Gasteiger partial charge >= 0.3 is 0 Å². The summed E-state index contributed by atoms with van der Waals surface area (Å²) in [6.07, 6.45) is 1.05. The molecule has 0 N–H and O–H groups in total. The van der Waals surface area contributed by atoms with E-state index < -0.39 is 0 Å². The van der Waals surface area contributed by atoms with Crippen LogP contribution in [-0.4, -0.2) is 29.8 Å². The van der Waals surface area contributed by atoms with Crippen molar-refractivity contribution < 1.29 is 4.79 Å². The van der Waals surface area contributed by atoms with Crippen molar-refractivity contribution in [3.8, 4) is 0 Å². The molecule has 0 fully saturated rings. The van der Waals surface area contributed by atoms with E-state index >= 15 is 0 Å². The second kappa shape index (κ2) is 5.45. The number of hydrogen-bond acceptors (Lipinski definition) is 2. The standard InChI is InChI=1S/C13H25NO/c1-8-13(5,6)14(7)9-12(15)11(4)10(2)3/h8-9H2,1-7H3. The smallest absolute Gasteiger partial charge is 0.172 e. The number of carbonyl (C=O) groups excluding carboxylic acids is 1. The van der Waals surface area contributed by atoms with E-state index in [0.717, 1.165) is 17.6 Å². The number of rotatable bonds is 5. The van der Waals surface area contributed by atoms with Gasteiger partial charge in [0.2, 0.25) is 0 Å². The number of likely N-dealkylation sites (N-methyl/N-ethyl adjacent to an activating group) is 1. The first-order valence-corrected chi connectivity index (χ1v) is 5.61. The van der Waals surface area contributed by atoms with Gasteiger partial charge in [-0.05, 0) is 53.7 Å². The van der Waals surface area contributed by atoms with Gasteiger partial charge < -0.3 is 0 Å². The minimum Gasteiger partial charge on any atom is -0.294 e. The van der Waals surface area contributed by atoms with Gasteiger partial charge in [0.25, 0.3) is 0 Å². The maximum absolute atomic E-state index is 11.9. The van der Waals surface area contributed by atoms with E-state index in [1.165, 1.54) is 0 Å². The maximum atomic E-state index is 11.9. The zero-order valence-electron chi connectivity index (χ0n) is 11.3. The van der Waals surface area contributed by atoms with Gasteiger partial charge in [-0.2, -0.15) is 0 Å². The molecule has 0 atom stereocenters. The topological polar surface area (TPSA) is 20.3 Å². The average Bonchev–Trinajstić information content (AvgIpc) is 2.16. The second-order valence-corrected chi connectivity index (χ2v) is 5.07. The van der Waals surface area contributed by atoms with E-state index in [9.17, 15) is 4.79 Å². The van der Waals surface area contributed by atoms with E-state index in [1.54, 1.807) is 0 Å². The molecule has 0 aromatic rings. The first kappa shape index (κ1) is 14.4. The highest BCUT2D eigenvalue weighted by molar-refractivity contribution is 5.96. The van der Waals surface area contributed by atoms with E-state index in [0.29, 0.717) is 6.54 Å². The number of allylic oxidation sites excluding steroid dienone is 1. The molecule has 0 amide bonds. The van der Waals surface area contributed by atoms with Crippen LogP contribution in [0.4, 0.5) is 0 Å². The molecule has 0 heterocycles. The summed E-state index contributed by atoms with van der Waals surface area (Å²) in [4.78, 5) is 14.0. The van der Waals surface area contributed by atoms with Crippen molar-refractivity contribution in [1.82, 2.24) is 4.90 Å². The number of hydrogen-bond donors (Lipinski definition) is 0. The molecule has 0 aliphatic heterocycles. The lowest BCUT2D eigenvalue weighted by Crippen LogP contribution is -2.43. The number of ketones is 1. The van der Waals surface area contributed by atoms with Gasteiger partial charge in [-0.3, -0.25) is 9.69 Å². The predicted molar refractivity (Wildman–Crippen MR) is 66.1 cm³/mol. The lowest BCUT2D eigenvalue weighted by molar-refractivity contribution is -0.117. The molecule has 0 aromatic carbocycles. The van der Waals surface area contributed by atoms with Crippen molar-refractivity contribution in [1.29, 1.82) is 0 Å². The molecular weight excluding hydrogens is 186 g/mol. The summed E-state index contributed by atoms with van der Waals surface area (Å²) in [5.74, 6) is 0.235. The zero-order chi connectivity index (χ0) is 12.2. The summed E-state index contributed by atoms with van der Waals surface area (Å²) in [6.45, 7) is 12.9. The fourth-order valence-corrected chi connectivity index (χ4v) is 1.10. The normalized spacial score (nSPS) is 11.7. The third kappa shape index (κ3) is 4.17. The molecule has 0 spiro atoms. The van der Waals surface area contributed by atoms with Gasteiger partial charge in [-0.1, -0.05) is 12.5 Å². The van der Waals surface area contributed by atoms with Gasteiger partial charge in [0.1, 0.15) is 0 Å². The highest BCUT2D eigenvalue weighted by atomic mass is 16.1. The predicted octanol–water partition coefficient (Wildman–Crippen LogP) is 3.03. The van der Waals surface area contributed by atoms with Crippen molar-refractivity contribution in [2.75, 3.05) is 13.6 Å². The first-order valence-electron chi connectivity index (χ1n) is 5.61. The second-order valence-electron chi connectivity index (χ2n) is 5.07. The van der Waals surface area contributed by atoms with Gasteiger partial charge in [0, 0.05) is 5.54 Å². The SMILES string of the molecule is CCC(C)(C)N(C)CC(=O)C(C)=C(C)C. The molecule has 0 bridgehead atoms. The fraction of sp³-hybridized carbons (Fsp3) is 0.769. The Kier molecular flexibility index (Phi) is 5.22. The molecule has 0 aromatic heterocycles. The average molecular weight is 211 g/mol. The summed E-state index contributed by atoms with van der Waals surface area (Å²) < 4.78 is 0. The van der Waals surface area contributed by atoms with Crippen LogP contribution >= 0.6 is 0 Å². The Morgan fingerprint density at radius 1 is 1.20 bits per heavy atom. The molecule has 2 heteroatoms. The lowest BCUT2D eigenvalue weighted by atomic mass is 9.98. The van der Waals surface area contributed by atoms with Crippen LogP contribution in [0.5, 0.6) is 0 Å². The summed E-state index contributed by atoms with van der Waals surface area (Å²) in [6, 6.07) is 0. The van der Waals surface area contributed by atoms with E-state index in [1.807, 2.05) is 27.8 Å². The molecule has 2 nitrogen and oxygen atoms in total. The van der Waals surface area contributed by atoms with Crippen LogP contribution in [0.2, 0.25) is 0 Å². The van der Waals surface area contributed by atoms with Gasteiger partial charge in [-0.15, -0.1) is 0 Å². The van der Waals surface area contributed by atoms with Crippen molar-refractivity contribution in [2.24, 2.45) is 0 Å². The summed E-state index contributed by atoms with van der Waals surface area (Å²) in [7, 11) is 2.01. The third-order valence-corrected chi connectivity index (χ3v) is 3.45. The monoisotopic (exact) mass is 211 g/mol. The minimum absolute atomic E-state index is 0.0948. The molecular formula is C13H25NO. The van der Waals surface area contributed by atoms with Gasteiger partial charge in [0.15, 0.2) is 5.78 Å². The zero-order valence-corrected chi connectivity index (χ0v) is 11.3. The van der Waals surface area contributed by atoms with Crippen molar-refractivity contribution in [2.45, 2.75) is 53.5 Å². The van der Waals surface area contributed by atoms with Gasteiger partial charge in [-0.25, -0.2) is 0 Å². The van der Waals surface area contributed by atoms with E-state index in [4.69, 9.17) is 0 Å². The Morgan fingerprint density at radius 3 is 2.00 bits per heavy atom. The Hall–Kier alpha value is -0.630. The molecule has 0 rings (SSSR count). The Morgan fingerprint density at radius 2 is 1.67 bits per heavy atom. The quantitative estimate of drug-likeness (QED) is 0.651. The summed E-state index contributed by atoms with van der Waals surface area (Å²) in [5.41, 5.74) is 2.11. The van der Waals surface area contributed by atoms with Crippen molar-refractivity contribution in [3.05, 3.63) is 11.1 Å². The molecule has 0 aliphatic rings. The van der Waals surface area contributed by atoms with Crippen LogP contribution in [0.15, 0.2) is 11.1 Å². The molecule has 15 heavy (non-hydrogen) atoms. The van der Waals surface area contributed by atoms with Crippen LogP contribution in [0.3, 0.4) is 0 Å². The molecule has 0 unspecified atom stereocenters. The van der Waals surface area contributed by atoms with Crippen LogP contribution in [0.1, 0.15) is 48.0 Å². The molecule has 0 aliphatic carbocycles. The van der Waals surface area contributed by atoms with Crippen molar-refractivity contribution >= 4 is 5.78 Å². The fourth-order valence-electron chi connectivity index (χ4n) is 1.10. The molecule has 0 radical (unpaired) electrons. The Bertz CT molecular complexity index is 260. The Labute approximate surface area is 94.4 Å². The van der Waals surface area contributed by atoms with Crippen LogP contribution in [0.25, 0.3) is 0 Å². The van der Waals surface area contributed by atoms with E-state index in [2.05, 4.69) is 25.7 Å². The molecule has 88 valence electrons. The molecule has 0 saturated carbocycles. The number of Topliss-reactive ketones (excluding diaryl/α,β-unsaturated/α-hetero) is 1. The minimum atomic E-state index is 0.0948. The maximum Gasteiger partial charge on any atom is 0.172 e. The van der Waals surface area contributed by atoms with Gasteiger partial charge in [0.05, 0.1) is 6.54 Å². The van der Waals surface area contributed by atoms with Crippen molar-refractivity contribution in [3.63, 3.8) is 0 Å². The number of nitrogens with zero attached hydrogens (tertiary/aromatic N) is 1. The third-order valence-electron chi connectivity index (χ3n) is 3.45. The highest BCUT2D eigenvalue weighted by Crippen LogP contribution is 2.17. The first-order chi connectivity index (χ1) is 6.72. The largest absolute Gasteiger partial charge is 0.294 e. The lowest BCUT2D eigenvalue weighted by Gasteiger charge is -2.34. The summed E-state index contributed by atoms with van der Waals surface area (Å²) in [5, 5.41) is 0. The van der Waals surface area contributed by atoms with Crippen LogP contribution < -0.4 is 0 Å². The highest BCUT2D eigenvalue weighted by Gasteiger charge is 2.23. The Balaban J connectivity index is 4.51. The van der Waals surface area contributed by atoms with Crippen LogP contribution in [0, 0.1) is 0 Å².